The van der Waals surface area contributed by atoms with Gasteiger partial charge in [0.2, 0.25) is 5.91 Å². The highest BCUT2D eigenvalue weighted by molar-refractivity contribution is 6.34. The molecule has 1 unspecified atom stereocenters. The van der Waals surface area contributed by atoms with Crippen LogP contribution in [0.25, 0.3) is 0 Å². The van der Waals surface area contributed by atoms with Gasteiger partial charge in [0.05, 0.1) is 23.9 Å². The van der Waals surface area contributed by atoms with E-state index < -0.39 is 0 Å². The Kier molecular flexibility index (Phi) is 3.71. The molecule has 2 aromatic carbocycles. The van der Waals surface area contributed by atoms with Gasteiger partial charge in [-0.2, -0.15) is 0 Å². The van der Waals surface area contributed by atoms with Crippen molar-refractivity contribution in [2.75, 3.05) is 16.8 Å². The van der Waals surface area contributed by atoms with Gasteiger partial charge in [-0.3, -0.25) is 4.79 Å². The SMILES string of the molecule is O=C1C(Nc2ccc3c(c2)COC3)CCN1c1ccccc1Cl. The van der Waals surface area contributed by atoms with Crippen LogP contribution >= 0.6 is 11.6 Å². The molecule has 0 aromatic heterocycles. The Bertz CT molecular complexity index is 762. The smallest absolute Gasteiger partial charge is 0.249 e. The molecular formula is C18H17ClN2O2. The molecule has 4 nitrogen and oxygen atoms in total. The molecule has 4 rings (SSSR count). The van der Waals surface area contributed by atoms with Gasteiger partial charge >= 0.3 is 0 Å². The van der Waals surface area contributed by atoms with Crippen LogP contribution in [0, 0.1) is 0 Å². The van der Waals surface area contributed by atoms with Gasteiger partial charge in [-0.15, -0.1) is 0 Å². The van der Waals surface area contributed by atoms with Crippen LogP contribution in [0.1, 0.15) is 17.5 Å². The van der Waals surface area contributed by atoms with E-state index in [2.05, 4.69) is 17.4 Å². The van der Waals surface area contributed by atoms with E-state index in [0.717, 1.165) is 17.8 Å². The first-order valence-electron chi connectivity index (χ1n) is 7.74. The molecule has 5 heteroatoms. The highest BCUT2D eigenvalue weighted by Gasteiger charge is 2.33. The van der Waals surface area contributed by atoms with Gasteiger partial charge in [0, 0.05) is 12.2 Å². The van der Waals surface area contributed by atoms with Crippen LogP contribution in [0.3, 0.4) is 0 Å². The molecule has 0 spiro atoms. The molecule has 23 heavy (non-hydrogen) atoms. The zero-order chi connectivity index (χ0) is 15.8. The minimum absolute atomic E-state index is 0.0647. The maximum atomic E-state index is 12.7. The topological polar surface area (TPSA) is 41.6 Å². The Balaban J connectivity index is 1.51. The number of rotatable bonds is 3. The lowest BCUT2D eigenvalue weighted by atomic mass is 10.1. The van der Waals surface area contributed by atoms with Crippen LogP contribution in [-0.2, 0) is 22.7 Å². The maximum absolute atomic E-state index is 12.7. The van der Waals surface area contributed by atoms with Gasteiger partial charge in [0.1, 0.15) is 6.04 Å². The molecular weight excluding hydrogens is 312 g/mol. The summed E-state index contributed by atoms with van der Waals surface area (Å²) in [6.07, 6.45) is 0.762. The minimum atomic E-state index is -0.216. The number of para-hydroxylation sites is 1. The third-order valence-corrected chi connectivity index (χ3v) is 4.73. The number of amides is 1. The predicted octanol–water partition coefficient (Wildman–Crippen LogP) is 3.59. The standard InChI is InChI=1S/C18H17ClN2O2/c19-15-3-1-2-4-17(15)21-8-7-16(18(21)22)20-14-6-5-12-10-23-11-13(12)9-14/h1-6,9,16,20H,7-8,10-11H2. The maximum Gasteiger partial charge on any atom is 0.249 e. The van der Waals surface area contributed by atoms with Crippen LogP contribution in [0.4, 0.5) is 11.4 Å². The molecule has 0 saturated carbocycles. The molecule has 1 atom stereocenters. The highest BCUT2D eigenvalue weighted by Crippen LogP contribution is 2.30. The van der Waals surface area contributed by atoms with Crippen molar-refractivity contribution < 1.29 is 9.53 Å². The average molecular weight is 329 g/mol. The lowest BCUT2D eigenvalue weighted by Crippen LogP contribution is -2.33. The fourth-order valence-corrected chi connectivity index (χ4v) is 3.42. The molecule has 2 heterocycles. The highest BCUT2D eigenvalue weighted by atomic mass is 35.5. The summed E-state index contributed by atoms with van der Waals surface area (Å²) in [5.41, 5.74) is 4.17. The molecule has 1 saturated heterocycles. The number of ether oxygens (including phenoxy) is 1. The lowest BCUT2D eigenvalue weighted by molar-refractivity contribution is -0.117. The van der Waals surface area contributed by atoms with E-state index in [9.17, 15) is 4.79 Å². The Hall–Kier alpha value is -2.04. The van der Waals surface area contributed by atoms with Gasteiger partial charge in [-0.05, 0) is 41.8 Å². The van der Waals surface area contributed by atoms with Crippen LogP contribution in [-0.4, -0.2) is 18.5 Å². The third-order valence-electron chi connectivity index (χ3n) is 4.41. The van der Waals surface area contributed by atoms with Crippen LogP contribution < -0.4 is 10.2 Å². The summed E-state index contributed by atoms with van der Waals surface area (Å²) >= 11 is 6.21. The molecule has 0 bridgehead atoms. The number of nitrogens with zero attached hydrogens (tertiary/aromatic N) is 1. The number of anilines is 2. The van der Waals surface area contributed by atoms with Crippen molar-refractivity contribution in [2.24, 2.45) is 0 Å². The fraction of sp³-hybridized carbons (Fsp3) is 0.278. The zero-order valence-corrected chi connectivity index (χ0v) is 13.3. The summed E-state index contributed by atoms with van der Waals surface area (Å²) < 4.78 is 5.43. The van der Waals surface area contributed by atoms with Crippen molar-refractivity contribution in [3.05, 3.63) is 58.6 Å². The van der Waals surface area contributed by atoms with Crippen molar-refractivity contribution in [3.8, 4) is 0 Å². The van der Waals surface area contributed by atoms with E-state index in [1.54, 1.807) is 4.90 Å². The van der Waals surface area contributed by atoms with Gasteiger partial charge in [-0.25, -0.2) is 0 Å². The molecule has 0 radical (unpaired) electrons. The van der Waals surface area contributed by atoms with E-state index >= 15 is 0 Å². The second-order valence-electron chi connectivity index (χ2n) is 5.90. The molecule has 1 N–H and O–H groups in total. The zero-order valence-electron chi connectivity index (χ0n) is 12.6. The number of hydrogen-bond donors (Lipinski definition) is 1. The van der Waals surface area contributed by atoms with E-state index in [0.29, 0.717) is 24.8 Å². The van der Waals surface area contributed by atoms with Gasteiger partial charge in [0.15, 0.2) is 0 Å². The molecule has 0 aliphatic carbocycles. The largest absolute Gasteiger partial charge is 0.374 e. The lowest BCUT2D eigenvalue weighted by Gasteiger charge is -2.19. The van der Waals surface area contributed by atoms with E-state index in [-0.39, 0.29) is 11.9 Å². The molecule has 2 aliphatic heterocycles. The number of carbonyl (C=O) groups excluding carboxylic acids is 1. The summed E-state index contributed by atoms with van der Waals surface area (Å²) in [5, 5.41) is 3.96. The summed E-state index contributed by atoms with van der Waals surface area (Å²) in [7, 11) is 0. The summed E-state index contributed by atoms with van der Waals surface area (Å²) in [5.74, 6) is 0.0647. The quantitative estimate of drug-likeness (QED) is 0.936. The number of hydrogen-bond acceptors (Lipinski definition) is 3. The van der Waals surface area contributed by atoms with Crippen molar-refractivity contribution in [1.82, 2.24) is 0 Å². The van der Waals surface area contributed by atoms with Crippen LogP contribution in [0.2, 0.25) is 5.02 Å². The van der Waals surface area contributed by atoms with Crippen LogP contribution in [0.15, 0.2) is 42.5 Å². The minimum Gasteiger partial charge on any atom is -0.374 e. The Morgan fingerprint density at radius 2 is 1.96 bits per heavy atom. The first kappa shape index (κ1) is 14.5. The van der Waals surface area contributed by atoms with Crippen molar-refractivity contribution in [3.63, 3.8) is 0 Å². The van der Waals surface area contributed by atoms with E-state index in [1.165, 1.54) is 11.1 Å². The number of halogens is 1. The van der Waals surface area contributed by atoms with Crippen LogP contribution in [0.5, 0.6) is 0 Å². The van der Waals surface area contributed by atoms with Crippen molar-refractivity contribution in [1.29, 1.82) is 0 Å². The Labute approximate surface area is 140 Å². The number of fused-ring (bicyclic) bond motifs is 1. The third kappa shape index (κ3) is 2.69. The second kappa shape index (κ2) is 5.87. The predicted molar refractivity (Wildman–Crippen MR) is 90.8 cm³/mol. The van der Waals surface area contributed by atoms with E-state index in [1.807, 2.05) is 30.3 Å². The monoisotopic (exact) mass is 328 g/mol. The Morgan fingerprint density at radius 1 is 1.13 bits per heavy atom. The second-order valence-corrected chi connectivity index (χ2v) is 6.31. The fourth-order valence-electron chi connectivity index (χ4n) is 3.19. The number of nitrogens with one attached hydrogen (secondary N) is 1. The Morgan fingerprint density at radius 3 is 2.83 bits per heavy atom. The molecule has 2 aliphatic rings. The van der Waals surface area contributed by atoms with Gasteiger partial charge in [-0.1, -0.05) is 29.8 Å². The molecule has 118 valence electrons. The number of carbonyl (C=O) groups is 1. The van der Waals surface area contributed by atoms with Gasteiger partial charge < -0.3 is 15.0 Å². The summed E-state index contributed by atoms with van der Waals surface area (Å²) in [6, 6.07) is 13.4. The molecule has 1 amide bonds. The first-order valence-corrected chi connectivity index (χ1v) is 8.12. The molecule has 2 aromatic rings. The first-order chi connectivity index (χ1) is 11.2. The summed E-state index contributed by atoms with van der Waals surface area (Å²) in [6.45, 7) is 2.00. The average Bonchev–Trinajstić information content (AvgIpc) is 3.15. The van der Waals surface area contributed by atoms with E-state index in [4.69, 9.17) is 16.3 Å². The summed E-state index contributed by atoms with van der Waals surface area (Å²) in [4.78, 5) is 14.4. The van der Waals surface area contributed by atoms with Crippen molar-refractivity contribution in [2.45, 2.75) is 25.7 Å². The number of benzene rings is 2. The van der Waals surface area contributed by atoms with Crippen molar-refractivity contribution >= 4 is 28.9 Å². The molecule has 1 fully saturated rings. The van der Waals surface area contributed by atoms with Gasteiger partial charge in [0.25, 0.3) is 0 Å². The normalized spacial score (nSPS) is 20.0.